The van der Waals surface area contributed by atoms with Crippen LogP contribution in [0.15, 0.2) is 0 Å². The maximum Gasteiger partial charge on any atom is 0.326 e. The Morgan fingerprint density at radius 1 is 0.525 bits per heavy atom. The van der Waals surface area contributed by atoms with Gasteiger partial charge in [0.25, 0.3) is 0 Å². The van der Waals surface area contributed by atoms with Crippen molar-refractivity contribution >= 4 is 35.6 Å². The van der Waals surface area contributed by atoms with Crippen LogP contribution in [0.4, 0.5) is 0 Å². The van der Waals surface area contributed by atoms with Crippen molar-refractivity contribution in [3.63, 3.8) is 0 Å². The molecule has 2 atom stereocenters. The quantitative estimate of drug-likeness (QED) is 0.0842. The third-order valence-electron chi connectivity index (χ3n) is 6.48. The molecule has 0 bridgehead atoms. The molecule has 0 aliphatic rings. The van der Waals surface area contributed by atoms with Gasteiger partial charge < -0.3 is 31.3 Å². The van der Waals surface area contributed by atoms with E-state index in [0.717, 1.165) is 70.6 Å². The van der Waals surface area contributed by atoms with Gasteiger partial charge in [-0.05, 0) is 32.1 Å². The fourth-order valence-electron chi connectivity index (χ4n) is 4.07. The zero-order valence-electron chi connectivity index (χ0n) is 23.9. The van der Waals surface area contributed by atoms with Crippen molar-refractivity contribution in [3.8, 4) is 0 Å². The molecule has 12 nitrogen and oxygen atoms in total. The topological polar surface area (TPSA) is 199 Å². The summed E-state index contributed by atoms with van der Waals surface area (Å²) in [4.78, 5) is 69.7. The highest BCUT2D eigenvalue weighted by Crippen LogP contribution is 2.12. The molecule has 0 radical (unpaired) electrons. The zero-order chi connectivity index (χ0) is 30.2. The number of carbonyl (C=O) groups excluding carboxylic acids is 3. The van der Waals surface area contributed by atoms with Crippen molar-refractivity contribution in [2.75, 3.05) is 6.54 Å². The number of aliphatic carboxylic acids is 3. The van der Waals surface area contributed by atoms with E-state index in [1.54, 1.807) is 0 Å². The van der Waals surface area contributed by atoms with Crippen molar-refractivity contribution in [3.05, 3.63) is 0 Å². The highest BCUT2D eigenvalue weighted by molar-refractivity contribution is 5.86. The molecule has 0 spiro atoms. The Hall–Kier alpha value is -3.18. The van der Waals surface area contributed by atoms with Gasteiger partial charge in [0.05, 0.1) is 0 Å². The van der Waals surface area contributed by atoms with Crippen LogP contribution in [0.1, 0.15) is 122 Å². The molecule has 0 rings (SSSR count). The molecule has 0 aliphatic heterocycles. The molecule has 0 aromatic carbocycles. The molecule has 40 heavy (non-hydrogen) atoms. The monoisotopic (exact) mass is 571 g/mol. The van der Waals surface area contributed by atoms with Gasteiger partial charge in [0, 0.05) is 32.2 Å². The predicted molar refractivity (Wildman–Crippen MR) is 149 cm³/mol. The standard InChI is InChI=1S/C28H49N3O9/c1-2-3-20-29-23(32)18-16-21(27(37)38)31-25(34)19-17-22(28(39)40)30-24(33)14-12-10-8-6-4-5-7-9-11-13-15-26(35)36/h21-22H,2-20H2,1H3,(H,29,32)(H,30,33)(H,31,34)(H,35,36)(H,37,38)(H,39,40)/t21-,22-/m0/s1. The van der Waals surface area contributed by atoms with Crippen molar-refractivity contribution < 1.29 is 44.1 Å². The molecule has 230 valence electrons. The Kier molecular flexibility index (Phi) is 21.8. The number of carboxylic acids is 3. The summed E-state index contributed by atoms with van der Waals surface area (Å²) in [6.07, 6.45) is 11.0. The van der Waals surface area contributed by atoms with Crippen LogP contribution in [-0.4, -0.2) is 69.6 Å². The first kappa shape index (κ1) is 36.8. The lowest BCUT2D eigenvalue weighted by Gasteiger charge is -2.17. The number of amides is 3. The molecule has 6 N–H and O–H groups in total. The second-order valence-electron chi connectivity index (χ2n) is 10.1. The van der Waals surface area contributed by atoms with E-state index in [1.165, 1.54) is 0 Å². The van der Waals surface area contributed by atoms with Gasteiger partial charge in [-0.2, -0.15) is 0 Å². The number of rotatable bonds is 26. The van der Waals surface area contributed by atoms with Gasteiger partial charge >= 0.3 is 17.9 Å². The first-order valence-corrected chi connectivity index (χ1v) is 14.6. The number of carboxylic acid groups (broad SMARTS) is 3. The number of hydrogen-bond acceptors (Lipinski definition) is 6. The summed E-state index contributed by atoms with van der Waals surface area (Å²) < 4.78 is 0. The number of carbonyl (C=O) groups is 6. The van der Waals surface area contributed by atoms with E-state index in [9.17, 15) is 39.0 Å². The summed E-state index contributed by atoms with van der Waals surface area (Å²) in [6.45, 7) is 2.48. The minimum atomic E-state index is -1.29. The summed E-state index contributed by atoms with van der Waals surface area (Å²) in [5, 5.41) is 34.8. The molecule has 12 heteroatoms. The van der Waals surface area contributed by atoms with Gasteiger partial charge in [-0.1, -0.05) is 64.7 Å². The van der Waals surface area contributed by atoms with Gasteiger partial charge in [-0.3, -0.25) is 19.2 Å². The molecule has 0 aromatic rings. The predicted octanol–water partition coefficient (Wildman–Crippen LogP) is 3.37. The first-order valence-electron chi connectivity index (χ1n) is 14.6. The first-order chi connectivity index (χ1) is 19.1. The van der Waals surface area contributed by atoms with Crippen LogP contribution < -0.4 is 16.0 Å². The third kappa shape index (κ3) is 21.7. The molecule has 3 amide bonds. The summed E-state index contributed by atoms with van der Waals surface area (Å²) in [7, 11) is 0. The van der Waals surface area contributed by atoms with E-state index in [4.69, 9.17) is 5.11 Å². The Balaban J connectivity index is 4.15. The van der Waals surface area contributed by atoms with Crippen LogP contribution in [0.5, 0.6) is 0 Å². The lowest BCUT2D eigenvalue weighted by molar-refractivity contribution is -0.143. The van der Waals surface area contributed by atoms with Crippen LogP contribution in [0.25, 0.3) is 0 Å². The van der Waals surface area contributed by atoms with E-state index in [1.807, 2.05) is 6.92 Å². The molecule has 0 fully saturated rings. The fourth-order valence-corrected chi connectivity index (χ4v) is 4.07. The van der Waals surface area contributed by atoms with Crippen molar-refractivity contribution in [2.24, 2.45) is 0 Å². The number of hydrogen-bond donors (Lipinski definition) is 6. The van der Waals surface area contributed by atoms with Gasteiger partial charge in [-0.15, -0.1) is 0 Å². The lowest BCUT2D eigenvalue weighted by atomic mass is 10.0. The molecule has 0 unspecified atom stereocenters. The van der Waals surface area contributed by atoms with Crippen LogP contribution >= 0.6 is 0 Å². The van der Waals surface area contributed by atoms with Crippen molar-refractivity contribution in [1.82, 2.24) is 16.0 Å². The zero-order valence-corrected chi connectivity index (χ0v) is 23.9. The highest BCUT2D eigenvalue weighted by Gasteiger charge is 2.24. The fraction of sp³-hybridized carbons (Fsp3) is 0.786. The summed E-state index contributed by atoms with van der Waals surface area (Å²) in [5.41, 5.74) is 0. The number of nitrogens with one attached hydrogen (secondary N) is 3. The minimum absolute atomic E-state index is 0.0645. The Labute approximate surface area is 237 Å². The van der Waals surface area contributed by atoms with E-state index in [0.29, 0.717) is 13.0 Å². The van der Waals surface area contributed by atoms with Gasteiger partial charge in [0.15, 0.2) is 0 Å². The molecule has 0 aromatic heterocycles. The van der Waals surface area contributed by atoms with E-state index >= 15 is 0 Å². The van der Waals surface area contributed by atoms with E-state index in [-0.39, 0.29) is 44.4 Å². The molecular weight excluding hydrogens is 522 g/mol. The summed E-state index contributed by atoms with van der Waals surface area (Å²) in [6, 6.07) is -2.53. The molecule has 0 aliphatic carbocycles. The molecule has 0 saturated heterocycles. The second-order valence-corrected chi connectivity index (χ2v) is 10.1. The summed E-state index contributed by atoms with van der Waals surface area (Å²) >= 11 is 0. The third-order valence-corrected chi connectivity index (χ3v) is 6.48. The lowest BCUT2D eigenvalue weighted by Crippen LogP contribution is -2.44. The van der Waals surface area contributed by atoms with Crippen LogP contribution in [0, 0.1) is 0 Å². The van der Waals surface area contributed by atoms with E-state index < -0.39 is 41.8 Å². The second kappa shape index (κ2) is 23.7. The van der Waals surface area contributed by atoms with Gasteiger partial charge in [-0.25, -0.2) is 9.59 Å². The van der Waals surface area contributed by atoms with Crippen molar-refractivity contribution in [2.45, 2.75) is 135 Å². The average molecular weight is 572 g/mol. The average Bonchev–Trinajstić information content (AvgIpc) is 2.89. The molecule has 0 heterocycles. The smallest absolute Gasteiger partial charge is 0.326 e. The Bertz CT molecular complexity index is 789. The Morgan fingerprint density at radius 2 is 0.925 bits per heavy atom. The van der Waals surface area contributed by atoms with Crippen molar-refractivity contribution in [1.29, 1.82) is 0 Å². The van der Waals surface area contributed by atoms with E-state index in [2.05, 4.69) is 16.0 Å². The molecule has 0 saturated carbocycles. The Morgan fingerprint density at radius 3 is 1.35 bits per heavy atom. The molecular formula is C28H49N3O9. The summed E-state index contributed by atoms with van der Waals surface area (Å²) in [5.74, 6) is -4.69. The number of unbranched alkanes of at least 4 members (excludes halogenated alkanes) is 10. The normalized spacial score (nSPS) is 12.2. The van der Waals surface area contributed by atoms with Gasteiger partial charge in [0.1, 0.15) is 12.1 Å². The largest absolute Gasteiger partial charge is 0.481 e. The SMILES string of the molecule is CCCCNC(=O)CC[C@H](NC(=O)CC[C@H](NC(=O)CCCCCCCCCCCCC(=O)O)C(=O)O)C(=O)O. The maximum absolute atomic E-state index is 12.2. The van der Waals surface area contributed by atoms with Gasteiger partial charge in [0.2, 0.25) is 17.7 Å². The van der Waals surface area contributed by atoms with Crippen LogP contribution in [0.3, 0.4) is 0 Å². The van der Waals surface area contributed by atoms with Crippen LogP contribution in [0.2, 0.25) is 0 Å². The highest BCUT2D eigenvalue weighted by atomic mass is 16.4. The maximum atomic E-state index is 12.2. The minimum Gasteiger partial charge on any atom is -0.481 e. The van der Waals surface area contributed by atoms with Crippen LogP contribution in [-0.2, 0) is 28.8 Å².